The molecule has 5 saturated heterocycles. The first kappa shape index (κ1) is 64.2. The Hall–Kier alpha value is -3.65. The number of aliphatic hydroxyl groups excluding tert-OH is 16. The van der Waals surface area contributed by atoms with Gasteiger partial charge in [-0.3, -0.25) is 14.4 Å². The normalized spacial score (nSPS) is 43.2. The Morgan fingerprint density at radius 3 is 1.42 bits per heavy atom. The average Bonchev–Trinajstić information content (AvgIpc) is 3.38. The van der Waals surface area contributed by atoms with Crippen LogP contribution in [-0.2, 0) is 66.6 Å². The molecular weight excluding hydrogens is 1060 g/mol. The summed E-state index contributed by atoms with van der Waals surface area (Å²) >= 11 is 0. The van der Waals surface area contributed by atoms with Gasteiger partial charge in [-0.25, -0.2) is 9.59 Å². The van der Waals surface area contributed by atoms with Crippen molar-refractivity contribution in [2.24, 2.45) is 0 Å². The van der Waals surface area contributed by atoms with E-state index in [0.717, 1.165) is 20.8 Å². The highest BCUT2D eigenvalue weighted by Gasteiger charge is 2.62. The van der Waals surface area contributed by atoms with E-state index >= 15 is 0 Å². The summed E-state index contributed by atoms with van der Waals surface area (Å²) in [5.74, 6) is -13.1. The second-order valence-corrected chi connectivity index (χ2v) is 19.0. The van der Waals surface area contributed by atoms with E-state index in [0.29, 0.717) is 0 Å². The smallest absolute Gasteiger partial charge is 0.364 e. The Morgan fingerprint density at radius 1 is 0.532 bits per heavy atom. The van der Waals surface area contributed by atoms with Crippen LogP contribution in [0.15, 0.2) is 0 Å². The third-order valence-electron chi connectivity index (χ3n) is 13.5. The van der Waals surface area contributed by atoms with Crippen LogP contribution in [0.25, 0.3) is 0 Å². The van der Waals surface area contributed by atoms with Crippen molar-refractivity contribution in [3.8, 4) is 0 Å². The van der Waals surface area contributed by atoms with Gasteiger partial charge in [-0.15, -0.1) is 0 Å². The molecule has 444 valence electrons. The Balaban J connectivity index is 1.48. The standard InChI is InChI=1S/C42H69N3O32/c1-11(50)43-21-14(53)4-41(39(65)66,75-33(21)24(57)16(55)6-46)69-10-20-31(28(61)29(62)36(64)70-20)73-37-23(45-13(3)52)32(26(59)18(8-48)71-37)74-38-30(63)35(27(60)19(9-49)72-38)77-42(40(67)68)5-15(54)22(44-12(2)51)34(76-42)25(58)17(56)7-47/h14-38,46-49,53-64H,4-10H2,1-3H3,(H,43,50)(H,44,51)(H,45,52)(H,65,66)(H,67,68)/t14-,15-,16+,17+,18+,19+,20+,21+,22+,23+,24+,25+,26-,27-,28+,29+,30+,31-,32+,33+,34+,35-,36+,37-,38-,41+,42-/m0/s1. The van der Waals surface area contributed by atoms with E-state index in [-0.39, 0.29) is 0 Å². The van der Waals surface area contributed by atoms with Crippen LogP contribution in [0.2, 0.25) is 0 Å². The highest BCUT2D eigenvalue weighted by Crippen LogP contribution is 2.40. The lowest BCUT2D eigenvalue weighted by Crippen LogP contribution is -2.71. The molecule has 0 bridgehead atoms. The number of nitrogens with one attached hydrogen (secondary N) is 3. The summed E-state index contributed by atoms with van der Waals surface area (Å²) in [5, 5.41) is 199. The van der Waals surface area contributed by atoms with E-state index in [9.17, 15) is 116 Å². The molecule has 5 fully saturated rings. The molecule has 5 rings (SSSR count). The first-order valence-corrected chi connectivity index (χ1v) is 23.8. The molecule has 0 unspecified atom stereocenters. The predicted octanol–water partition coefficient (Wildman–Crippen LogP) is -13.1. The van der Waals surface area contributed by atoms with Crippen molar-refractivity contribution in [2.45, 2.75) is 198 Å². The number of aliphatic hydroxyl groups is 16. The largest absolute Gasteiger partial charge is 0.477 e. The average molecular weight is 1130 g/mol. The molecule has 3 amide bonds. The van der Waals surface area contributed by atoms with Crippen LogP contribution in [0.5, 0.6) is 0 Å². The topological polar surface area (TPSA) is 569 Å². The van der Waals surface area contributed by atoms with E-state index in [1.165, 1.54) is 0 Å². The lowest BCUT2D eigenvalue weighted by Gasteiger charge is -2.51. The highest BCUT2D eigenvalue weighted by atomic mass is 16.8. The monoisotopic (exact) mass is 1130 g/mol. The first-order valence-electron chi connectivity index (χ1n) is 23.8. The zero-order chi connectivity index (χ0) is 57.8. The van der Waals surface area contributed by atoms with Gasteiger partial charge in [0.15, 0.2) is 18.9 Å². The fourth-order valence-electron chi connectivity index (χ4n) is 9.53. The molecule has 0 radical (unpaired) electrons. The van der Waals surface area contributed by atoms with Crippen LogP contribution in [0, 0.1) is 0 Å². The number of carboxylic acids is 2. The Bertz CT molecular complexity index is 2000. The number of rotatable bonds is 22. The third-order valence-corrected chi connectivity index (χ3v) is 13.5. The van der Waals surface area contributed by atoms with Crippen LogP contribution in [0.1, 0.15) is 33.6 Å². The molecule has 5 aliphatic heterocycles. The summed E-state index contributed by atoms with van der Waals surface area (Å²) in [6.07, 6.45) is -49.5. The number of carbonyl (C=O) groups excluding carboxylic acids is 3. The molecule has 77 heavy (non-hydrogen) atoms. The van der Waals surface area contributed by atoms with Gasteiger partial charge in [0.2, 0.25) is 17.7 Å². The van der Waals surface area contributed by atoms with E-state index in [1.54, 1.807) is 0 Å². The number of aliphatic carboxylic acids is 2. The lowest BCUT2D eigenvalue weighted by molar-refractivity contribution is -0.386. The van der Waals surface area contributed by atoms with E-state index < -0.39 is 240 Å². The van der Waals surface area contributed by atoms with Crippen LogP contribution < -0.4 is 16.0 Å². The molecule has 21 N–H and O–H groups in total. The fourth-order valence-corrected chi connectivity index (χ4v) is 9.53. The van der Waals surface area contributed by atoms with Crippen LogP contribution >= 0.6 is 0 Å². The molecule has 5 aliphatic rings. The maximum Gasteiger partial charge on any atom is 0.364 e. The Labute approximate surface area is 434 Å². The van der Waals surface area contributed by atoms with Crippen molar-refractivity contribution < 1.29 is 159 Å². The molecule has 0 aliphatic carbocycles. The van der Waals surface area contributed by atoms with Crippen molar-refractivity contribution in [3.05, 3.63) is 0 Å². The van der Waals surface area contributed by atoms with Gasteiger partial charge >= 0.3 is 11.9 Å². The third kappa shape index (κ3) is 14.1. The van der Waals surface area contributed by atoms with Gasteiger partial charge in [0.05, 0.1) is 57.3 Å². The van der Waals surface area contributed by atoms with Gasteiger partial charge in [0, 0.05) is 33.6 Å². The minimum atomic E-state index is -3.24. The zero-order valence-corrected chi connectivity index (χ0v) is 41.1. The summed E-state index contributed by atoms with van der Waals surface area (Å²) in [6.45, 7) is -2.90. The van der Waals surface area contributed by atoms with E-state index in [1.807, 2.05) is 0 Å². The predicted molar refractivity (Wildman–Crippen MR) is 236 cm³/mol. The van der Waals surface area contributed by atoms with E-state index in [2.05, 4.69) is 16.0 Å². The summed E-state index contributed by atoms with van der Waals surface area (Å²) in [6, 6.07) is -5.28. The minimum Gasteiger partial charge on any atom is -0.477 e. The van der Waals surface area contributed by atoms with Gasteiger partial charge in [-0.2, -0.15) is 0 Å². The first-order chi connectivity index (χ1) is 36.0. The fraction of sp³-hybridized carbons (Fsp3) is 0.881. The number of hydrogen-bond donors (Lipinski definition) is 21. The minimum absolute atomic E-state index is 0.816. The van der Waals surface area contributed by atoms with Gasteiger partial charge < -0.3 is 150 Å². The van der Waals surface area contributed by atoms with Crippen LogP contribution in [0.3, 0.4) is 0 Å². The quantitative estimate of drug-likeness (QED) is 0.0479. The summed E-state index contributed by atoms with van der Waals surface area (Å²) in [5.41, 5.74) is 0. The summed E-state index contributed by atoms with van der Waals surface area (Å²) in [4.78, 5) is 62.9. The summed E-state index contributed by atoms with van der Waals surface area (Å²) in [7, 11) is 0. The van der Waals surface area contributed by atoms with Gasteiger partial charge in [0.1, 0.15) is 110 Å². The maximum atomic E-state index is 13.0. The van der Waals surface area contributed by atoms with Gasteiger partial charge in [0.25, 0.3) is 11.6 Å². The molecule has 0 saturated carbocycles. The number of carbonyl (C=O) groups is 5. The number of hydrogen-bond acceptors (Lipinski definition) is 30. The van der Waals surface area contributed by atoms with Crippen molar-refractivity contribution in [3.63, 3.8) is 0 Å². The molecular formula is C42H69N3O32. The molecule has 35 nitrogen and oxygen atoms in total. The van der Waals surface area contributed by atoms with Gasteiger partial charge in [-0.1, -0.05) is 0 Å². The molecule has 5 heterocycles. The number of ether oxygens (including phenoxy) is 9. The molecule has 0 aromatic heterocycles. The lowest BCUT2D eigenvalue weighted by atomic mass is 9.88. The van der Waals surface area contributed by atoms with Crippen LogP contribution in [0.4, 0.5) is 0 Å². The Kier molecular flexibility index (Phi) is 22.3. The Morgan fingerprint density at radius 2 is 0.961 bits per heavy atom. The van der Waals surface area contributed by atoms with Crippen molar-refractivity contribution >= 4 is 29.7 Å². The molecule has 0 aromatic carbocycles. The molecule has 35 heteroatoms. The molecule has 27 atom stereocenters. The van der Waals surface area contributed by atoms with E-state index in [4.69, 9.17) is 42.6 Å². The zero-order valence-electron chi connectivity index (χ0n) is 41.1. The summed E-state index contributed by atoms with van der Waals surface area (Å²) < 4.78 is 51.2. The second-order valence-electron chi connectivity index (χ2n) is 19.0. The molecule has 0 aromatic rings. The van der Waals surface area contributed by atoms with Gasteiger partial charge in [-0.05, 0) is 0 Å². The van der Waals surface area contributed by atoms with Crippen LogP contribution in [-0.4, -0.2) is 319 Å². The highest BCUT2D eigenvalue weighted by molar-refractivity contribution is 5.77. The second kappa shape index (κ2) is 26.7. The van der Waals surface area contributed by atoms with Crippen molar-refractivity contribution in [1.29, 1.82) is 0 Å². The SMILES string of the molecule is CC(=O)N[C@H]1[C@H](O[C@@H]2[C@H](O)[C@@H](O)[C@H](O)O[C@@H]2CO[C@]2(C(=O)O)C[C@H](O)[C@@H](NC(C)=O)[C@H]([C@H](O)[C@H](O)CO)O2)O[C@H](CO)[C@H](O)[C@@H]1O[C@@H]1O[C@H](CO)[C@H](O)[C@H](O[C@]2(C(=O)O)C[C@H](O)[C@@H](NC(C)=O)[C@H]([C@H](O)[C@H](O)CO)O2)[C@H]1O. The molecule has 0 spiro atoms. The van der Waals surface area contributed by atoms with Crippen molar-refractivity contribution in [2.75, 3.05) is 33.0 Å². The number of amides is 3. The maximum absolute atomic E-state index is 13.0. The van der Waals surface area contributed by atoms with Crippen molar-refractivity contribution in [1.82, 2.24) is 16.0 Å². The number of carboxylic acid groups (broad SMARTS) is 2.